The summed E-state index contributed by atoms with van der Waals surface area (Å²) in [5.74, 6) is -0.898. The molecule has 0 spiro atoms. The number of nitrogens with one attached hydrogen (secondary N) is 4. The van der Waals surface area contributed by atoms with Crippen LogP contribution in [0, 0.1) is 34.7 Å². The fourth-order valence-corrected chi connectivity index (χ4v) is 13.1. The summed E-state index contributed by atoms with van der Waals surface area (Å²) >= 11 is 0. The maximum absolute atomic E-state index is 13.5. The van der Waals surface area contributed by atoms with E-state index < -0.39 is 27.6 Å². The molecular weight excluding hydrogens is 1040 g/mol. The maximum atomic E-state index is 13.5. The highest BCUT2D eigenvalue weighted by Crippen LogP contribution is 2.48. The number of hydrogen-bond donors (Lipinski definition) is 6. The van der Waals surface area contributed by atoms with Gasteiger partial charge in [0.15, 0.2) is 5.78 Å². The Balaban J connectivity index is 0.000000164. The van der Waals surface area contributed by atoms with Crippen molar-refractivity contribution in [3.63, 3.8) is 0 Å². The summed E-state index contributed by atoms with van der Waals surface area (Å²) in [5.41, 5.74) is 17.7. The molecule has 3 saturated heterocycles. The van der Waals surface area contributed by atoms with Gasteiger partial charge in [-0.2, -0.15) is 0 Å². The van der Waals surface area contributed by atoms with Gasteiger partial charge in [-0.3, -0.25) is 29.3 Å². The van der Waals surface area contributed by atoms with Crippen molar-refractivity contribution in [1.29, 1.82) is 0 Å². The summed E-state index contributed by atoms with van der Waals surface area (Å²) in [5, 5.41) is 24.5. The molecule has 3 aliphatic rings. The Morgan fingerprint density at radius 3 is 1.64 bits per heavy atom. The molecule has 0 aromatic heterocycles. The van der Waals surface area contributed by atoms with Crippen molar-refractivity contribution < 1.29 is 28.5 Å². The van der Waals surface area contributed by atoms with Crippen molar-refractivity contribution >= 4 is 29.2 Å². The third kappa shape index (κ3) is 14.4. The topological polar surface area (TPSA) is 212 Å². The standard InChI is InChI=1S/C27H28N2O2.C22H27FN2O.C20H23N3O3/c28-26(31)27(22-14-8-3-9-15-22,18-25(30)21-12-6-2-7-13-21)24-16-17-29-19-23(24)20-10-4-1-5-11-20;1-3-18(16-7-5-4-6-8-16)22(26)25-21-11-12-24-14-20(21)19-10-9-17(23)13-15(19)2;1-20(19(21)24,15-7-9-16(10-8-15)23(25)26)18-11-12-22-13-17(18)14-5-3-2-4-6-14/h1-15,23-24,29H,16-19H2,(H2,28,31);4-10,13,18,20-21,24H,3,11-12,14H2,1-2H3,(H,25,26);2-10,17-18,22H,11-13H2,1H3,(H2,21,24). The predicted molar refractivity (Wildman–Crippen MR) is 325 cm³/mol. The first-order chi connectivity index (χ1) is 40.2. The van der Waals surface area contributed by atoms with Gasteiger partial charge < -0.3 is 32.7 Å². The van der Waals surface area contributed by atoms with Crippen molar-refractivity contribution in [1.82, 2.24) is 21.3 Å². The van der Waals surface area contributed by atoms with Gasteiger partial charge in [0.2, 0.25) is 17.7 Å². The molecule has 83 heavy (non-hydrogen) atoms. The van der Waals surface area contributed by atoms with E-state index in [2.05, 4.69) is 45.5 Å². The van der Waals surface area contributed by atoms with Crippen molar-refractivity contribution in [2.75, 3.05) is 39.3 Å². The quantitative estimate of drug-likeness (QED) is 0.0290. The van der Waals surface area contributed by atoms with Crippen LogP contribution in [0.2, 0.25) is 0 Å². The second-order valence-electron chi connectivity index (χ2n) is 22.4. The van der Waals surface area contributed by atoms with Crippen LogP contribution in [-0.2, 0) is 25.2 Å². The third-order valence-electron chi connectivity index (χ3n) is 17.6. The number of carbonyl (C=O) groups is 4. The Kier molecular flexibility index (Phi) is 21.1. The molecule has 3 amide bonds. The molecule has 13 nitrogen and oxygen atoms in total. The Labute approximate surface area is 487 Å². The average molecular weight is 1120 g/mol. The number of nitrogens with zero attached hydrogens (tertiary/aromatic N) is 1. The number of nitro benzene ring substituents is 1. The Morgan fingerprint density at radius 1 is 0.627 bits per heavy atom. The van der Waals surface area contributed by atoms with Gasteiger partial charge in [-0.05, 0) is 122 Å². The number of ketones is 1. The lowest BCUT2D eigenvalue weighted by molar-refractivity contribution is -0.384. The second kappa shape index (κ2) is 28.7. The number of carbonyl (C=O) groups excluding carboxylic acids is 4. The van der Waals surface area contributed by atoms with E-state index in [1.165, 1.54) is 23.8 Å². The molecule has 8 N–H and O–H groups in total. The zero-order chi connectivity index (χ0) is 58.9. The van der Waals surface area contributed by atoms with Gasteiger partial charge in [0.25, 0.3) is 5.69 Å². The Bertz CT molecular complexity index is 3250. The van der Waals surface area contributed by atoms with Crippen LogP contribution in [-0.4, -0.2) is 73.7 Å². The SMILES string of the molecule is CC(C(N)=O)(c1ccc([N+](=O)[O-])cc1)C1CCNCC1c1ccccc1.CCC(C(=O)NC1CCNCC1c1ccc(F)cc1C)c1ccccc1.NC(=O)C(CC(=O)c1ccccc1)(c1ccccc1)C1CCNCC1c1ccccc1. The van der Waals surface area contributed by atoms with Crippen LogP contribution in [0.3, 0.4) is 0 Å². The van der Waals surface area contributed by atoms with Crippen LogP contribution < -0.4 is 32.7 Å². The van der Waals surface area contributed by atoms with Crippen molar-refractivity contribution in [3.8, 4) is 0 Å². The highest BCUT2D eigenvalue weighted by Gasteiger charge is 2.51. The van der Waals surface area contributed by atoms with Crippen LogP contribution >= 0.6 is 0 Å². The molecule has 9 unspecified atom stereocenters. The number of aryl methyl sites for hydroxylation is 1. The number of rotatable bonds is 17. The van der Waals surface area contributed by atoms with Gasteiger partial charge >= 0.3 is 0 Å². The lowest BCUT2D eigenvalue weighted by Gasteiger charge is -2.45. The number of halogens is 1. The number of hydrogen-bond acceptors (Lipinski definition) is 9. The van der Waals surface area contributed by atoms with Gasteiger partial charge in [0.1, 0.15) is 5.82 Å². The Hall–Kier alpha value is -8.17. The largest absolute Gasteiger partial charge is 0.369 e. The molecule has 3 heterocycles. The maximum Gasteiger partial charge on any atom is 0.269 e. The molecule has 7 aromatic rings. The lowest BCUT2D eigenvalue weighted by atomic mass is 9.59. The minimum absolute atomic E-state index is 0.00473. The molecule has 7 aromatic carbocycles. The van der Waals surface area contributed by atoms with E-state index in [4.69, 9.17) is 11.5 Å². The number of benzene rings is 7. The molecule has 10 rings (SSSR count). The van der Waals surface area contributed by atoms with E-state index >= 15 is 0 Å². The molecule has 0 saturated carbocycles. The number of non-ortho nitro benzene ring substituents is 1. The van der Waals surface area contributed by atoms with Crippen LogP contribution in [0.25, 0.3) is 0 Å². The van der Waals surface area contributed by atoms with Crippen molar-refractivity contribution in [2.24, 2.45) is 23.3 Å². The second-order valence-corrected chi connectivity index (χ2v) is 22.4. The number of Topliss-reactive ketones (excluding diaryl/α,β-unsaturated/α-hetero) is 1. The summed E-state index contributed by atoms with van der Waals surface area (Å²) in [6.07, 6.45) is 3.26. The van der Waals surface area contributed by atoms with Gasteiger partial charge in [0.05, 0.1) is 21.7 Å². The van der Waals surface area contributed by atoms with E-state index in [1.807, 2.05) is 142 Å². The average Bonchev–Trinajstić information content (AvgIpc) is 3.53. The van der Waals surface area contributed by atoms with E-state index in [-0.39, 0.29) is 71.2 Å². The first kappa shape index (κ1) is 60.9. The van der Waals surface area contributed by atoms with E-state index in [9.17, 15) is 33.7 Å². The summed E-state index contributed by atoms with van der Waals surface area (Å²) in [7, 11) is 0. The predicted octanol–water partition coefficient (Wildman–Crippen LogP) is 10.7. The third-order valence-corrected chi connectivity index (χ3v) is 17.6. The van der Waals surface area contributed by atoms with Crippen LogP contribution in [0.1, 0.15) is 119 Å². The summed E-state index contributed by atoms with van der Waals surface area (Å²) in [4.78, 5) is 62.8. The normalized spacial score (nSPS) is 21.3. The van der Waals surface area contributed by atoms with E-state index in [0.717, 1.165) is 98.3 Å². The fourth-order valence-electron chi connectivity index (χ4n) is 13.1. The monoisotopic (exact) mass is 1120 g/mol. The van der Waals surface area contributed by atoms with Gasteiger partial charge in [-0.1, -0.05) is 177 Å². The molecule has 0 aliphatic carbocycles. The van der Waals surface area contributed by atoms with Crippen molar-refractivity contribution in [3.05, 3.63) is 255 Å². The van der Waals surface area contributed by atoms with Crippen LogP contribution in [0.5, 0.6) is 0 Å². The Morgan fingerprint density at radius 2 is 1.12 bits per heavy atom. The molecule has 3 fully saturated rings. The minimum atomic E-state index is -1.09. The van der Waals surface area contributed by atoms with Gasteiger partial charge in [0, 0.05) is 67.5 Å². The first-order valence-corrected chi connectivity index (χ1v) is 29.0. The molecule has 14 heteroatoms. The van der Waals surface area contributed by atoms with Gasteiger partial charge in [-0.15, -0.1) is 0 Å². The van der Waals surface area contributed by atoms with Crippen LogP contribution in [0.4, 0.5) is 10.1 Å². The molecule has 3 aliphatic heterocycles. The summed E-state index contributed by atoms with van der Waals surface area (Å²) in [6.45, 7) is 10.6. The molecule has 0 radical (unpaired) electrons. The first-order valence-electron chi connectivity index (χ1n) is 29.0. The molecular formula is C69H78FN7O6. The molecule has 9 atom stereocenters. The lowest BCUT2D eigenvalue weighted by Crippen LogP contribution is -2.54. The highest BCUT2D eigenvalue weighted by atomic mass is 19.1. The van der Waals surface area contributed by atoms with E-state index in [1.54, 1.807) is 30.3 Å². The number of piperidine rings is 3. The highest BCUT2D eigenvalue weighted by molar-refractivity contribution is 6.02. The number of amides is 3. The smallest absolute Gasteiger partial charge is 0.269 e. The van der Waals surface area contributed by atoms with Crippen LogP contribution in [0.15, 0.2) is 194 Å². The summed E-state index contributed by atoms with van der Waals surface area (Å²) < 4.78 is 13.5. The zero-order valence-corrected chi connectivity index (χ0v) is 47.7. The number of nitrogens with two attached hydrogens (primary N) is 2. The summed E-state index contributed by atoms with van der Waals surface area (Å²) in [6, 6.07) is 60.3. The van der Waals surface area contributed by atoms with E-state index in [0.29, 0.717) is 5.56 Å². The zero-order valence-electron chi connectivity index (χ0n) is 47.7. The molecule has 432 valence electrons. The molecule has 0 bridgehead atoms. The minimum Gasteiger partial charge on any atom is -0.369 e. The fraction of sp³-hybridized carbons (Fsp3) is 0.333. The number of nitro groups is 1. The number of primary amides is 2. The van der Waals surface area contributed by atoms with Crippen molar-refractivity contribution in [2.45, 2.75) is 93.4 Å². The van der Waals surface area contributed by atoms with Gasteiger partial charge in [-0.25, -0.2) is 4.39 Å².